The fourth-order valence-corrected chi connectivity index (χ4v) is 1.40. The number of carbonyl (C=O) groups excluding carboxylic acids is 2. The molecule has 0 unspecified atom stereocenters. The van der Waals surface area contributed by atoms with Crippen LogP contribution in [0.5, 0.6) is 11.5 Å². The van der Waals surface area contributed by atoms with E-state index in [1.165, 1.54) is 0 Å². The lowest BCUT2D eigenvalue weighted by molar-refractivity contribution is 0.0971. The molecule has 0 amide bonds. The molecule has 0 aromatic heterocycles. The van der Waals surface area contributed by atoms with Crippen LogP contribution in [0.3, 0.4) is 0 Å². The number of benzene rings is 1. The molecule has 0 heterocycles. The van der Waals surface area contributed by atoms with Gasteiger partial charge in [0, 0.05) is 12.8 Å². The molecule has 1 aromatic rings. The van der Waals surface area contributed by atoms with E-state index < -0.39 is 0 Å². The first-order chi connectivity index (χ1) is 7.51. The molecule has 86 valence electrons. The van der Waals surface area contributed by atoms with Gasteiger partial charge in [0.15, 0.2) is 11.6 Å². The highest BCUT2D eigenvalue weighted by molar-refractivity contribution is 6.03. The molecule has 1 aromatic carbocycles. The molecule has 4 heteroatoms. The highest BCUT2D eigenvalue weighted by Gasteiger charge is 2.16. The van der Waals surface area contributed by atoms with Gasteiger partial charge in [-0.25, -0.2) is 0 Å². The predicted molar refractivity (Wildman–Crippen MR) is 59.0 cm³/mol. The standard InChI is InChI=1S/C12H14O4/c1-3-9(13)7-5-12(16)8(6-11(7)15)10(14)4-2/h5-6,15-16H,3-4H2,1-2H3. The van der Waals surface area contributed by atoms with Crippen molar-refractivity contribution in [2.45, 2.75) is 26.7 Å². The number of hydrogen-bond acceptors (Lipinski definition) is 4. The first-order valence-corrected chi connectivity index (χ1v) is 5.13. The van der Waals surface area contributed by atoms with Crippen LogP contribution in [0.2, 0.25) is 0 Å². The molecule has 0 atom stereocenters. The largest absolute Gasteiger partial charge is 0.507 e. The maximum Gasteiger partial charge on any atom is 0.166 e. The van der Waals surface area contributed by atoms with E-state index in [2.05, 4.69) is 0 Å². The van der Waals surface area contributed by atoms with Crippen molar-refractivity contribution in [1.29, 1.82) is 0 Å². The molecule has 0 aliphatic heterocycles. The molecule has 0 bridgehead atoms. The monoisotopic (exact) mass is 222 g/mol. The van der Waals surface area contributed by atoms with Gasteiger partial charge in [0.2, 0.25) is 0 Å². The van der Waals surface area contributed by atoms with Crippen molar-refractivity contribution in [3.8, 4) is 11.5 Å². The van der Waals surface area contributed by atoms with E-state index in [9.17, 15) is 19.8 Å². The minimum atomic E-state index is -0.275. The predicted octanol–water partition coefficient (Wildman–Crippen LogP) is 2.28. The summed E-state index contributed by atoms with van der Waals surface area (Å²) >= 11 is 0. The van der Waals surface area contributed by atoms with Crippen molar-refractivity contribution in [3.05, 3.63) is 23.3 Å². The summed E-state index contributed by atoms with van der Waals surface area (Å²) in [5.41, 5.74) is 0.0975. The Kier molecular flexibility index (Phi) is 3.66. The number of carbonyl (C=O) groups is 2. The lowest BCUT2D eigenvalue weighted by Crippen LogP contribution is -2.02. The average molecular weight is 222 g/mol. The zero-order valence-electron chi connectivity index (χ0n) is 9.28. The number of rotatable bonds is 4. The lowest BCUT2D eigenvalue weighted by Gasteiger charge is -2.07. The molecular formula is C12H14O4. The fraction of sp³-hybridized carbons (Fsp3) is 0.333. The highest BCUT2D eigenvalue weighted by Crippen LogP contribution is 2.28. The molecule has 0 saturated carbocycles. The molecular weight excluding hydrogens is 208 g/mol. The smallest absolute Gasteiger partial charge is 0.166 e. The summed E-state index contributed by atoms with van der Waals surface area (Å²) in [5.74, 6) is -1.07. The normalized spacial score (nSPS) is 10.1. The van der Waals surface area contributed by atoms with Crippen LogP contribution in [0.1, 0.15) is 47.4 Å². The molecule has 0 spiro atoms. The van der Waals surface area contributed by atoms with E-state index in [0.717, 1.165) is 12.1 Å². The van der Waals surface area contributed by atoms with Gasteiger partial charge in [0.25, 0.3) is 0 Å². The van der Waals surface area contributed by atoms with Crippen LogP contribution < -0.4 is 0 Å². The van der Waals surface area contributed by atoms with Crippen molar-refractivity contribution in [2.75, 3.05) is 0 Å². The van der Waals surface area contributed by atoms with Crippen molar-refractivity contribution >= 4 is 11.6 Å². The lowest BCUT2D eigenvalue weighted by atomic mass is 10.0. The molecule has 0 radical (unpaired) electrons. The second-order valence-corrected chi connectivity index (χ2v) is 3.44. The Hall–Kier alpha value is -1.84. The van der Waals surface area contributed by atoms with Crippen LogP contribution >= 0.6 is 0 Å². The second kappa shape index (κ2) is 4.79. The van der Waals surface area contributed by atoms with Crippen molar-refractivity contribution in [3.63, 3.8) is 0 Å². The molecule has 0 aliphatic rings. The number of ketones is 2. The Labute approximate surface area is 93.5 Å². The Morgan fingerprint density at radius 1 is 0.938 bits per heavy atom. The molecule has 1 rings (SSSR count). The first-order valence-electron chi connectivity index (χ1n) is 5.13. The van der Waals surface area contributed by atoms with Crippen LogP contribution in [0.15, 0.2) is 12.1 Å². The van der Waals surface area contributed by atoms with Crippen LogP contribution in [-0.4, -0.2) is 21.8 Å². The van der Waals surface area contributed by atoms with E-state index in [1.807, 2.05) is 0 Å². The Morgan fingerprint density at radius 3 is 1.50 bits per heavy atom. The first kappa shape index (κ1) is 12.2. The number of phenols is 2. The Balaban J connectivity index is 3.27. The van der Waals surface area contributed by atoms with Crippen molar-refractivity contribution < 1.29 is 19.8 Å². The molecule has 4 nitrogen and oxygen atoms in total. The van der Waals surface area contributed by atoms with Gasteiger partial charge < -0.3 is 10.2 Å². The maximum atomic E-state index is 11.4. The van der Waals surface area contributed by atoms with Gasteiger partial charge in [-0.3, -0.25) is 9.59 Å². The summed E-state index contributed by atoms with van der Waals surface area (Å²) in [6.45, 7) is 3.31. The molecule has 0 saturated heterocycles. The average Bonchev–Trinajstić information content (AvgIpc) is 2.29. The number of Topliss-reactive ketones (excluding diaryl/α,β-unsaturated/α-hetero) is 2. The zero-order chi connectivity index (χ0) is 12.3. The van der Waals surface area contributed by atoms with Crippen LogP contribution in [0, 0.1) is 0 Å². The third kappa shape index (κ3) is 2.21. The molecule has 2 N–H and O–H groups in total. The van der Waals surface area contributed by atoms with Crippen LogP contribution in [0.25, 0.3) is 0 Å². The van der Waals surface area contributed by atoms with E-state index in [4.69, 9.17) is 0 Å². The zero-order valence-corrected chi connectivity index (χ0v) is 9.28. The van der Waals surface area contributed by atoms with E-state index in [-0.39, 0.29) is 47.0 Å². The van der Waals surface area contributed by atoms with E-state index in [0.29, 0.717) is 0 Å². The van der Waals surface area contributed by atoms with Gasteiger partial charge in [0.05, 0.1) is 11.1 Å². The quantitative estimate of drug-likeness (QED) is 0.605. The summed E-state index contributed by atoms with van der Waals surface area (Å²) in [6.07, 6.45) is 0.460. The van der Waals surface area contributed by atoms with E-state index in [1.54, 1.807) is 13.8 Å². The van der Waals surface area contributed by atoms with Crippen molar-refractivity contribution in [1.82, 2.24) is 0 Å². The molecule has 0 aliphatic carbocycles. The number of hydrogen-bond donors (Lipinski definition) is 2. The van der Waals surface area contributed by atoms with Gasteiger partial charge in [0.1, 0.15) is 11.5 Å². The minimum Gasteiger partial charge on any atom is -0.507 e. The molecule has 16 heavy (non-hydrogen) atoms. The van der Waals surface area contributed by atoms with Gasteiger partial charge in [-0.05, 0) is 12.1 Å². The highest BCUT2D eigenvalue weighted by atomic mass is 16.3. The SMILES string of the molecule is CCC(=O)c1cc(O)c(C(=O)CC)cc1O. The number of phenolic OH excluding ortho intramolecular Hbond substituents is 2. The van der Waals surface area contributed by atoms with E-state index >= 15 is 0 Å². The van der Waals surface area contributed by atoms with Crippen LogP contribution in [0.4, 0.5) is 0 Å². The van der Waals surface area contributed by atoms with Gasteiger partial charge in [-0.1, -0.05) is 13.8 Å². The van der Waals surface area contributed by atoms with Gasteiger partial charge >= 0.3 is 0 Å². The third-order valence-electron chi connectivity index (χ3n) is 2.36. The second-order valence-electron chi connectivity index (χ2n) is 3.44. The summed E-state index contributed by atoms with van der Waals surface area (Å²) < 4.78 is 0. The summed E-state index contributed by atoms with van der Waals surface area (Å²) in [6, 6.07) is 2.29. The fourth-order valence-electron chi connectivity index (χ4n) is 1.40. The summed E-state index contributed by atoms with van der Waals surface area (Å²) in [4.78, 5) is 22.8. The van der Waals surface area contributed by atoms with Crippen LogP contribution in [-0.2, 0) is 0 Å². The van der Waals surface area contributed by atoms with Gasteiger partial charge in [-0.2, -0.15) is 0 Å². The van der Waals surface area contributed by atoms with Crippen molar-refractivity contribution in [2.24, 2.45) is 0 Å². The summed E-state index contributed by atoms with van der Waals surface area (Å²) in [7, 11) is 0. The Morgan fingerprint density at radius 2 is 1.25 bits per heavy atom. The Bertz CT molecular complexity index is 393. The maximum absolute atomic E-state index is 11.4. The van der Waals surface area contributed by atoms with Gasteiger partial charge in [-0.15, -0.1) is 0 Å². The third-order valence-corrected chi connectivity index (χ3v) is 2.36. The molecule has 0 fully saturated rings. The minimum absolute atomic E-state index is 0.0488. The number of aromatic hydroxyl groups is 2. The topological polar surface area (TPSA) is 74.6 Å². The summed E-state index contributed by atoms with van der Waals surface area (Å²) in [5, 5.41) is 19.2.